The third-order valence-electron chi connectivity index (χ3n) is 13.1. The molecule has 5 fully saturated rings. The van der Waals surface area contributed by atoms with Crippen LogP contribution in [0.15, 0.2) is 11.6 Å². The fraction of sp³-hybridized carbons (Fsp3) is 0.906. The summed E-state index contributed by atoms with van der Waals surface area (Å²) < 4.78 is 5.92. The van der Waals surface area contributed by atoms with E-state index in [1.807, 2.05) is 0 Å². The van der Waals surface area contributed by atoms with E-state index in [9.17, 15) is 4.79 Å². The Morgan fingerprint density at radius 3 is 2.32 bits per heavy atom. The lowest BCUT2D eigenvalue weighted by molar-refractivity contribution is -0.173. The highest BCUT2D eigenvalue weighted by molar-refractivity contribution is 5.66. The van der Waals surface area contributed by atoms with Crippen molar-refractivity contribution in [2.75, 3.05) is 0 Å². The Morgan fingerprint density at radius 2 is 1.65 bits per heavy atom. The fourth-order valence-corrected chi connectivity index (χ4v) is 11.8. The van der Waals surface area contributed by atoms with Crippen molar-refractivity contribution >= 4 is 5.97 Å². The van der Waals surface area contributed by atoms with Crippen LogP contribution in [0.4, 0.5) is 0 Å². The molecule has 0 aliphatic heterocycles. The summed E-state index contributed by atoms with van der Waals surface area (Å²) in [6.45, 7) is 18.8. The minimum Gasteiger partial charge on any atom is -0.462 e. The summed E-state index contributed by atoms with van der Waals surface area (Å²) in [6.07, 6.45) is 16.2. The second-order valence-electron chi connectivity index (χ2n) is 14.6. The van der Waals surface area contributed by atoms with Gasteiger partial charge < -0.3 is 4.74 Å². The maximum absolute atomic E-state index is 11.9. The SMILES string of the molecule is CC(=O)O[C@H]1CC[C@@]23C(CCC4C5CCC([C@H](C)CCC=C(C)C)[C@@]5(C)CC[C@]42[C@@H]3C)C1(C)C. The summed E-state index contributed by atoms with van der Waals surface area (Å²) in [4.78, 5) is 11.9. The van der Waals surface area contributed by atoms with Crippen LogP contribution in [-0.2, 0) is 9.53 Å². The highest BCUT2D eigenvalue weighted by Crippen LogP contribution is 2.89. The van der Waals surface area contributed by atoms with E-state index >= 15 is 0 Å². The van der Waals surface area contributed by atoms with Gasteiger partial charge in [-0.2, -0.15) is 0 Å². The van der Waals surface area contributed by atoms with Gasteiger partial charge in [0.05, 0.1) is 0 Å². The van der Waals surface area contributed by atoms with E-state index in [0.717, 1.165) is 36.0 Å². The molecule has 0 saturated heterocycles. The number of ether oxygens (including phenoxy) is 1. The van der Waals surface area contributed by atoms with Crippen molar-refractivity contribution in [3.63, 3.8) is 0 Å². The Kier molecular flexibility index (Phi) is 5.93. The predicted molar refractivity (Wildman–Crippen MR) is 140 cm³/mol. The Bertz CT molecular complexity index is 851. The second kappa shape index (κ2) is 8.11. The molecule has 2 spiro atoms. The lowest BCUT2D eigenvalue weighted by atomic mass is 9.46. The monoisotopic (exact) mass is 468 g/mol. The highest BCUT2D eigenvalue weighted by Gasteiger charge is 2.84. The smallest absolute Gasteiger partial charge is 0.302 e. The first-order valence-corrected chi connectivity index (χ1v) is 14.7. The first kappa shape index (κ1) is 24.9. The van der Waals surface area contributed by atoms with E-state index in [0.29, 0.717) is 22.2 Å². The molecule has 192 valence electrons. The lowest BCUT2D eigenvalue weighted by Gasteiger charge is -2.59. The Morgan fingerprint density at radius 1 is 0.941 bits per heavy atom. The summed E-state index contributed by atoms with van der Waals surface area (Å²) >= 11 is 0. The van der Waals surface area contributed by atoms with Crippen molar-refractivity contribution in [2.45, 2.75) is 126 Å². The molecule has 0 radical (unpaired) electrons. The van der Waals surface area contributed by atoms with E-state index in [2.05, 4.69) is 54.5 Å². The van der Waals surface area contributed by atoms with Crippen LogP contribution in [0.25, 0.3) is 0 Å². The molecule has 0 bridgehead atoms. The summed E-state index contributed by atoms with van der Waals surface area (Å²) in [5.41, 5.74) is 3.23. The van der Waals surface area contributed by atoms with Crippen molar-refractivity contribution < 1.29 is 9.53 Å². The summed E-state index contributed by atoms with van der Waals surface area (Å²) in [5, 5.41) is 0. The largest absolute Gasteiger partial charge is 0.462 e. The molecule has 2 nitrogen and oxygen atoms in total. The first-order valence-electron chi connectivity index (χ1n) is 14.7. The number of carbonyl (C=O) groups excluding carboxylic acids is 1. The highest BCUT2D eigenvalue weighted by atomic mass is 16.5. The van der Waals surface area contributed by atoms with Gasteiger partial charge in [0.1, 0.15) is 6.10 Å². The molecule has 0 aromatic heterocycles. The van der Waals surface area contributed by atoms with Gasteiger partial charge in [0, 0.05) is 12.3 Å². The van der Waals surface area contributed by atoms with Crippen LogP contribution in [0.5, 0.6) is 0 Å². The molecule has 0 aromatic rings. The first-order chi connectivity index (χ1) is 15.9. The van der Waals surface area contributed by atoms with Crippen LogP contribution in [0.3, 0.4) is 0 Å². The topological polar surface area (TPSA) is 26.3 Å². The summed E-state index contributed by atoms with van der Waals surface area (Å²) in [5.74, 6) is 5.12. The standard InChI is InChI=1S/C32H52O2/c1-20(2)10-9-11-21(3)24-12-13-25-26-14-15-27-29(6,7)28(34-23(5)33)16-17-32(27)22(4)31(26,32)19-18-30(24,25)8/h10,21-22,24-28H,9,11-19H2,1-8H3/t21-,22+,24?,25?,26?,27?,28+,30-,31+,32-/m1/s1. The molecule has 0 amide bonds. The zero-order valence-electron chi connectivity index (χ0n) is 23.5. The van der Waals surface area contributed by atoms with E-state index in [4.69, 9.17) is 4.74 Å². The van der Waals surface area contributed by atoms with Crippen LogP contribution in [0.2, 0.25) is 0 Å². The molecule has 5 rings (SSSR count). The van der Waals surface area contributed by atoms with Crippen molar-refractivity contribution in [1.82, 2.24) is 0 Å². The van der Waals surface area contributed by atoms with Crippen LogP contribution in [0, 0.1) is 57.2 Å². The van der Waals surface area contributed by atoms with Gasteiger partial charge in [0.25, 0.3) is 0 Å². The van der Waals surface area contributed by atoms with E-state index in [1.165, 1.54) is 63.4 Å². The third-order valence-corrected chi connectivity index (χ3v) is 13.1. The van der Waals surface area contributed by atoms with E-state index < -0.39 is 0 Å². The molecular weight excluding hydrogens is 416 g/mol. The molecule has 0 heterocycles. The van der Waals surface area contributed by atoms with Crippen LogP contribution in [0.1, 0.15) is 120 Å². The maximum Gasteiger partial charge on any atom is 0.302 e. The number of hydrogen-bond acceptors (Lipinski definition) is 2. The van der Waals surface area contributed by atoms with Crippen molar-refractivity contribution in [1.29, 1.82) is 0 Å². The van der Waals surface area contributed by atoms with Gasteiger partial charge >= 0.3 is 5.97 Å². The van der Waals surface area contributed by atoms with Crippen molar-refractivity contribution in [2.24, 2.45) is 57.2 Å². The lowest BCUT2D eigenvalue weighted by Crippen LogP contribution is -2.55. The van der Waals surface area contributed by atoms with Gasteiger partial charge in [-0.25, -0.2) is 0 Å². The Labute approximate surface area is 210 Å². The number of carbonyl (C=O) groups is 1. The molecule has 10 atom stereocenters. The molecule has 5 aliphatic rings. The van der Waals surface area contributed by atoms with Crippen molar-refractivity contribution in [3.8, 4) is 0 Å². The van der Waals surface area contributed by atoms with E-state index in [1.54, 1.807) is 6.92 Å². The Balaban J connectivity index is 1.38. The van der Waals surface area contributed by atoms with Gasteiger partial charge in [0.15, 0.2) is 0 Å². The molecule has 0 aromatic carbocycles. The second-order valence-corrected chi connectivity index (χ2v) is 14.6. The zero-order chi connectivity index (χ0) is 24.7. The molecule has 2 heteroatoms. The number of esters is 1. The number of hydrogen-bond donors (Lipinski definition) is 0. The van der Waals surface area contributed by atoms with Crippen molar-refractivity contribution in [3.05, 3.63) is 11.6 Å². The molecule has 5 aliphatic carbocycles. The minimum absolute atomic E-state index is 0.0922. The zero-order valence-corrected chi connectivity index (χ0v) is 23.5. The van der Waals surface area contributed by atoms with E-state index in [-0.39, 0.29) is 17.5 Å². The predicted octanol–water partition coefficient (Wildman–Crippen LogP) is 8.60. The molecule has 4 unspecified atom stereocenters. The van der Waals surface area contributed by atoms with Gasteiger partial charge in [-0.15, -0.1) is 0 Å². The molecular formula is C32H52O2. The molecule has 34 heavy (non-hydrogen) atoms. The molecule has 5 saturated carbocycles. The van der Waals surface area contributed by atoms with Crippen LogP contribution < -0.4 is 0 Å². The van der Waals surface area contributed by atoms with Gasteiger partial charge in [-0.1, -0.05) is 46.3 Å². The Hall–Kier alpha value is -0.790. The number of rotatable bonds is 5. The number of fused-ring (bicyclic) bond motifs is 2. The normalized spacial score (nSPS) is 49.1. The fourth-order valence-electron chi connectivity index (χ4n) is 11.8. The number of allylic oxidation sites excluding steroid dienone is 2. The van der Waals surface area contributed by atoms with Gasteiger partial charge in [-0.05, 0) is 130 Å². The minimum atomic E-state index is -0.0922. The molecule has 0 N–H and O–H groups in total. The average molecular weight is 469 g/mol. The van der Waals surface area contributed by atoms with Crippen LogP contribution >= 0.6 is 0 Å². The van der Waals surface area contributed by atoms with Crippen LogP contribution in [-0.4, -0.2) is 12.1 Å². The quantitative estimate of drug-likeness (QED) is 0.298. The van der Waals surface area contributed by atoms with Gasteiger partial charge in [0.2, 0.25) is 0 Å². The third kappa shape index (κ3) is 3.14. The summed E-state index contributed by atoms with van der Waals surface area (Å²) in [6, 6.07) is 0. The summed E-state index contributed by atoms with van der Waals surface area (Å²) in [7, 11) is 0. The maximum atomic E-state index is 11.9. The average Bonchev–Trinajstić information content (AvgIpc) is 3.07. The van der Waals surface area contributed by atoms with Gasteiger partial charge in [-0.3, -0.25) is 4.79 Å².